The van der Waals surface area contributed by atoms with Crippen LogP contribution in [0.1, 0.15) is 25.0 Å². The molecule has 92 valence electrons. The van der Waals surface area contributed by atoms with E-state index in [9.17, 15) is 4.79 Å². The molecule has 0 fully saturated rings. The number of benzene rings is 1. The number of fused-ring (bicyclic) bond motifs is 1. The van der Waals surface area contributed by atoms with Gasteiger partial charge in [0.25, 0.3) is 0 Å². The van der Waals surface area contributed by atoms with Gasteiger partial charge in [-0.15, -0.1) is 0 Å². The van der Waals surface area contributed by atoms with Crippen LogP contribution in [0.2, 0.25) is 0 Å². The fourth-order valence-electron chi connectivity index (χ4n) is 1.98. The molecule has 1 aromatic carbocycles. The van der Waals surface area contributed by atoms with Crippen LogP contribution in [0.4, 0.5) is 10.5 Å². The minimum atomic E-state index is -0.145. The zero-order valence-electron chi connectivity index (χ0n) is 10.3. The Morgan fingerprint density at radius 2 is 2.18 bits per heavy atom. The first-order valence-corrected chi connectivity index (χ1v) is 6.05. The number of anilines is 1. The van der Waals surface area contributed by atoms with E-state index in [2.05, 4.69) is 28.1 Å². The summed E-state index contributed by atoms with van der Waals surface area (Å²) in [5.41, 5.74) is 3.51. The van der Waals surface area contributed by atoms with Crippen LogP contribution in [0.25, 0.3) is 0 Å². The average molecular weight is 233 g/mol. The summed E-state index contributed by atoms with van der Waals surface area (Å²) in [6.45, 7) is 5.82. The maximum absolute atomic E-state index is 11.6. The molecule has 0 aliphatic carbocycles. The van der Waals surface area contributed by atoms with Gasteiger partial charge in [0.2, 0.25) is 0 Å². The summed E-state index contributed by atoms with van der Waals surface area (Å²) < 4.78 is 0. The smallest absolute Gasteiger partial charge is 0.319 e. The van der Waals surface area contributed by atoms with E-state index in [4.69, 9.17) is 0 Å². The van der Waals surface area contributed by atoms with Gasteiger partial charge in [0.15, 0.2) is 0 Å². The van der Waals surface area contributed by atoms with Crippen molar-refractivity contribution >= 4 is 11.7 Å². The quantitative estimate of drug-likeness (QED) is 0.730. The molecule has 3 N–H and O–H groups in total. The molecule has 1 aliphatic heterocycles. The lowest BCUT2D eigenvalue weighted by Gasteiger charge is -2.18. The van der Waals surface area contributed by atoms with E-state index < -0.39 is 0 Å². The lowest BCUT2D eigenvalue weighted by atomic mass is 10.0. The molecule has 1 aromatic rings. The molecular formula is C13H19N3O. The molecule has 0 saturated heterocycles. The molecule has 2 amide bonds. The second-order valence-electron chi connectivity index (χ2n) is 4.66. The van der Waals surface area contributed by atoms with Gasteiger partial charge in [0.1, 0.15) is 0 Å². The normalized spacial score (nSPS) is 14.3. The number of hydrogen-bond donors (Lipinski definition) is 3. The molecular weight excluding hydrogens is 214 g/mol. The highest BCUT2D eigenvalue weighted by Crippen LogP contribution is 2.18. The minimum Gasteiger partial charge on any atom is -0.336 e. The number of nitrogens with one attached hydrogen (secondary N) is 3. The predicted octanol–water partition coefficient (Wildman–Crippen LogP) is 1.86. The van der Waals surface area contributed by atoms with Crippen molar-refractivity contribution in [3.05, 3.63) is 29.3 Å². The van der Waals surface area contributed by atoms with Crippen molar-refractivity contribution in [1.29, 1.82) is 0 Å². The first-order chi connectivity index (χ1) is 8.15. The Morgan fingerprint density at radius 1 is 1.35 bits per heavy atom. The maximum Gasteiger partial charge on any atom is 0.319 e. The van der Waals surface area contributed by atoms with E-state index in [1.54, 1.807) is 0 Å². The topological polar surface area (TPSA) is 53.2 Å². The Bertz CT molecular complexity index is 415. The van der Waals surface area contributed by atoms with E-state index >= 15 is 0 Å². The van der Waals surface area contributed by atoms with Crippen LogP contribution in [0.3, 0.4) is 0 Å². The Kier molecular flexibility index (Phi) is 3.64. The molecule has 0 spiro atoms. The van der Waals surface area contributed by atoms with Gasteiger partial charge >= 0.3 is 6.03 Å². The van der Waals surface area contributed by atoms with Crippen molar-refractivity contribution in [2.24, 2.45) is 0 Å². The largest absolute Gasteiger partial charge is 0.336 e. The first-order valence-electron chi connectivity index (χ1n) is 6.05. The molecule has 0 bridgehead atoms. The SMILES string of the molecule is CC(C)NC(=O)Nc1ccc2c(c1)CCNC2. The van der Waals surface area contributed by atoms with Crippen molar-refractivity contribution < 1.29 is 4.79 Å². The molecule has 0 atom stereocenters. The molecule has 1 heterocycles. The van der Waals surface area contributed by atoms with E-state index in [0.717, 1.165) is 25.2 Å². The molecule has 1 aliphatic rings. The van der Waals surface area contributed by atoms with Crippen molar-refractivity contribution in [3.8, 4) is 0 Å². The number of carbonyl (C=O) groups is 1. The van der Waals surface area contributed by atoms with Gasteiger partial charge in [-0.25, -0.2) is 4.79 Å². The van der Waals surface area contributed by atoms with Gasteiger partial charge in [-0.05, 0) is 50.1 Å². The van der Waals surface area contributed by atoms with Gasteiger partial charge in [-0.3, -0.25) is 0 Å². The lowest BCUT2D eigenvalue weighted by molar-refractivity contribution is 0.250. The highest BCUT2D eigenvalue weighted by molar-refractivity contribution is 5.89. The molecule has 0 aromatic heterocycles. The summed E-state index contributed by atoms with van der Waals surface area (Å²) in [6, 6.07) is 6.10. The zero-order valence-corrected chi connectivity index (χ0v) is 10.3. The standard InChI is InChI=1S/C13H19N3O/c1-9(2)15-13(17)16-12-4-3-11-8-14-6-5-10(11)7-12/h3-4,7,9,14H,5-6,8H2,1-2H3,(H2,15,16,17). The monoisotopic (exact) mass is 233 g/mol. The molecule has 4 heteroatoms. The predicted molar refractivity (Wildman–Crippen MR) is 69.1 cm³/mol. The Morgan fingerprint density at radius 3 is 2.94 bits per heavy atom. The van der Waals surface area contributed by atoms with Gasteiger partial charge in [-0.2, -0.15) is 0 Å². The summed E-state index contributed by atoms with van der Waals surface area (Å²) in [7, 11) is 0. The summed E-state index contributed by atoms with van der Waals surface area (Å²) in [4.78, 5) is 11.6. The van der Waals surface area contributed by atoms with Crippen LogP contribution in [0.15, 0.2) is 18.2 Å². The van der Waals surface area contributed by atoms with Gasteiger partial charge in [0, 0.05) is 18.3 Å². The first kappa shape index (κ1) is 11.9. The number of amides is 2. The third kappa shape index (κ3) is 3.20. The van der Waals surface area contributed by atoms with Gasteiger partial charge in [0.05, 0.1) is 0 Å². The van der Waals surface area contributed by atoms with Crippen LogP contribution in [0.5, 0.6) is 0 Å². The minimum absolute atomic E-state index is 0.145. The van der Waals surface area contributed by atoms with E-state index in [0.29, 0.717) is 0 Å². The Labute approximate surface area is 102 Å². The van der Waals surface area contributed by atoms with Crippen LogP contribution in [-0.4, -0.2) is 18.6 Å². The molecule has 17 heavy (non-hydrogen) atoms. The van der Waals surface area contributed by atoms with Crippen molar-refractivity contribution in [2.75, 3.05) is 11.9 Å². The summed E-state index contributed by atoms with van der Waals surface area (Å²) in [5.74, 6) is 0. The number of rotatable bonds is 2. The van der Waals surface area contributed by atoms with Crippen LogP contribution >= 0.6 is 0 Å². The zero-order chi connectivity index (χ0) is 12.3. The van der Waals surface area contributed by atoms with Crippen molar-refractivity contribution in [1.82, 2.24) is 10.6 Å². The average Bonchev–Trinajstić information content (AvgIpc) is 2.27. The molecule has 4 nitrogen and oxygen atoms in total. The van der Waals surface area contributed by atoms with Crippen LogP contribution in [-0.2, 0) is 13.0 Å². The van der Waals surface area contributed by atoms with Crippen molar-refractivity contribution in [3.63, 3.8) is 0 Å². The molecule has 0 radical (unpaired) electrons. The fourth-order valence-corrected chi connectivity index (χ4v) is 1.98. The fraction of sp³-hybridized carbons (Fsp3) is 0.462. The summed E-state index contributed by atoms with van der Waals surface area (Å²) in [5, 5.41) is 8.99. The van der Waals surface area contributed by atoms with E-state index in [1.165, 1.54) is 11.1 Å². The number of carbonyl (C=O) groups excluding carboxylic acids is 1. The molecule has 0 saturated carbocycles. The third-order valence-corrected chi connectivity index (χ3v) is 2.77. The molecule has 0 unspecified atom stereocenters. The van der Waals surface area contributed by atoms with Gasteiger partial charge in [-0.1, -0.05) is 6.07 Å². The third-order valence-electron chi connectivity index (χ3n) is 2.77. The van der Waals surface area contributed by atoms with Crippen LogP contribution in [0, 0.1) is 0 Å². The maximum atomic E-state index is 11.6. The second kappa shape index (κ2) is 5.19. The van der Waals surface area contributed by atoms with Crippen LogP contribution < -0.4 is 16.0 Å². The summed E-state index contributed by atoms with van der Waals surface area (Å²) in [6.07, 6.45) is 1.02. The second-order valence-corrected chi connectivity index (χ2v) is 4.66. The van der Waals surface area contributed by atoms with Crippen molar-refractivity contribution in [2.45, 2.75) is 32.9 Å². The lowest BCUT2D eigenvalue weighted by Crippen LogP contribution is -2.34. The Hall–Kier alpha value is -1.55. The Balaban J connectivity index is 2.04. The van der Waals surface area contributed by atoms with Gasteiger partial charge < -0.3 is 16.0 Å². The molecule has 2 rings (SSSR count). The van der Waals surface area contributed by atoms with E-state index in [1.807, 2.05) is 19.9 Å². The number of urea groups is 1. The highest BCUT2D eigenvalue weighted by atomic mass is 16.2. The summed E-state index contributed by atoms with van der Waals surface area (Å²) >= 11 is 0. The highest BCUT2D eigenvalue weighted by Gasteiger charge is 2.10. The van der Waals surface area contributed by atoms with E-state index in [-0.39, 0.29) is 12.1 Å². The number of hydrogen-bond acceptors (Lipinski definition) is 2.